The van der Waals surface area contributed by atoms with E-state index in [1.54, 1.807) is 0 Å². The molecule has 0 radical (unpaired) electrons. The normalized spacial score (nSPS) is 11.9. The highest BCUT2D eigenvalue weighted by Crippen LogP contribution is 2.26. The molecule has 0 heterocycles. The number of carbonyl (C=O) groups is 5. The number of carbonyl (C=O) groups excluding carboxylic acids is 5. The van der Waals surface area contributed by atoms with Gasteiger partial charge in [-0.15, -0.1) is 0 Å². The van der Waals surface area contributed by atoms with Gasteiger partial charge >= 0.3 is 29.8 Å². The average Bonchev–Trinajstić information content (AvgIpc) is 1.000. The Hall–Kier alpha value is -2.65. The lowest BCUT2D eigenvalue weighted by Gasteiger charge is -2.19. The summed E-state index contributed by atoms with van der Waals surface area (Å²) in [6, 6.07) is 0. The Bertz CT molecular complexity index is 1980. The van der Waals surface area contributed by atoms with Crippen LogP contribution in [0.2, 0.25) is 0 Å². The van der Waals surface area contributed by atoms with Gasteiger partial charge in [0.1, 0.15) is 30.5 Å². The lowest BCUT2D eigenvalue weighted by molar-refractivity contribution is -0.156. The lowest BCUT2D eigenvalue weighted by Crippen LogP contribution is -2.21. The van der Waals surface area contributed by atoms with Crippen LogP contribution in [-0.2, 0) is 47.7 Å². The second kappa shape index (κ2) is 106. The second-order valence-electron chi connectivity index (χ2n) is 37.8. The zero-order valence-corrected chi connectivity index (χ0v) is 84.1. The molecule has 2 unspecified atom stereocenters. The van der Waals surface area contributed by atoms with E-state index in [1.165, 1.54) is 424 Å². The molecule has 10 heteroatoms. The Morgan fingerprint density at radius 3 is 0.331 bits per heavy atom. The van der Waals surface area contributed by atoms with Crippen LogP contribution in [0.5, 0.6) is 0 Å². The van der Waals surface area contributed by atoms with Crippen LogP contribution in [0.3, 0.4) is 0 Å². The number of unbranched alkanes of at least 4 members (excludes halogenated alkanes) is 63. The molecule has 722 valence electrons. The van der Waals surface area contributed by atoms with Crippen LogP contribution in [0.15, 0.2) is 0 Å². The number of ether oxygens (including phenoxy) is 5. The average molecular weight is 1710 g/mol. The van der Waals surface area contributed by atoms with Gasteiger partial charge in [-0.2, -0.15) is 0 Å². The largest absolute Gasteiger partial charge is 0.462 e. The Morgan fingerprint density at radius 2 is 0.215 bits per heavy atom. The van der Waals surface area contributed by atoms with Crippen molar-refractivity contribution in [1.29, 1.82) is 0 Å². The Labute approximate surface area is 757 Å². The molecule has 0 fully saturated rings. The van der Waals surface area contributed by atoms with E-state index in [-0.39, 0.29) is 73.2 Å². The summed E-state index contributed by atoms with van der Waals surface area (Å²) in [5.41, 5.74) is 0. The molecule has 0 N–H and O–H groups in total. The Balaban J connectivity index is -0.00000179. The summed E-state index contributed by atoms with van der Waals surface area (Å²) in [6.45, 7) is 24.8. The van der Waals surface area contributed by atoms with Gasteiger partial charge in [0.2, 0.25) is 0 Å². The summed E-state index contributed by atoms with van der Waals surface area (Å²) in [4.78, 5) is 63.2. The van der Waals surface area contributed by atoms with E-state index in [2.05, 4.69) is 76.2 Å². The number of hydrogen-bond donors (Lipinski definition) is 0. The van der Waals surface area contributed by atoms with Crippen LogP contribution in [0.25, 0.3) is 0 Å². The van der Waals surface area contributed by atoms with Gasteiger partial charge in [-0.05, 0) is 148 Å². The van der Waals surface area contributed by atoms with Crippen molar-refractivity contribution in [3.8, 4) is 0 Å². The van der Waals surface area contributed by atoms with Crippen molar-refractivity contribution < 1.29 is 47.7 Å². The molecule has 0 aromatic carbocycles. The van der Waals surface area contributed by atoms with Gasteiger partial charge in [-0.25, -0.2) is 0 Å². The van der Waals surface area contributed by atoms with Gasteiger partial charge in [0.05, 0.1) is 12.8 Å². The number of rotatable bonds is 97. The highest BCUT2D eigenvalue weighted by molar-refractivity contribution is 5.77. The molecule has 0 aromatic rings. The van der Waals surface area contributed by atoms with E-state index in [9.17, 15) is 24.0 Å². The van der Waals surface area contributed by atoms with E-state index in [1.807, 2.05) is 0 Å². The first-order chi connectivity index (χ1) is 59.4. The van der Waals surface area contributed by atoms with Crippen molar-refractivity contribution in [2.75, 3.05) is 0 Å². The van der Waals surface area contributed by atoms with Gasteiger partial charge in [0, 0.05) is 19.3 Å². The highest BCUT2D eigenvalue weighted by Gasteiger charge is 2.22. The molecule has 0 aliphatic heterocycles. The number of hydrogen-bond acceptors (Lipinski definition) is 10. The molecule has 2 atom stereocenters. The van der Waals surface area contributed by atoms with E-state index >= 15 is 0 Å². The fourth-order valence-electron chi connectivity index (χ4n) is 17.1. The monoisotopic (exact) mass is 1710 g/mol. The molecular weight excluding hydrogens is 1490 g/mol. The van der Waals surface area contributed by atoms with E-state index < -0.39 is 0 Å². The molecule has 10 nitrogen and oxygen atoms in total. The highest BCUT2D eigenvalue weighted by atomic mass is 16.6. The third kappa shape index (κ3) is 101. The maximum absolute atomic E-state index is 12.8. The van der Waals surface area contributed by atoms with Crippen LogP contribution in [0, 0.1) is 0 Å². The summed E-state index contributed by atoms with van der Waals surface area (Å²) in [5.74, 6) is -0.339. The first kappa shape index (κ1) is 122. The van der Waals surface area contributed by atoms with E-state index in [0.717, 1.165) is 122 Å². The Morgan fingerprint density at radius 1 is 0.124 bits per heavy atom. The quantitative estimate of drug-likeness (QED) is 0.0329. The van der Waals surface area contributed by atoms with Crippen molar-refractivity contribution in [1.82, 2.24) is 0 Å². The third-order valence-electron chi connectivity index (χ3n) is 25.3. The van der Waals surface area contributed by atoms with Crippen LogP contribution in [0.4, 0.5) is 0 Å². The molecule has 0 saturated heterocycles. The molecular formula is C111H218O10. The molecule has 121 heavy (non-hydrogen) atoms. The van der Waals surface area contributed by atoms with Crippen molar-refractivity contribution in [2.45, 2.75) is 685 Å². The fourth-order valence-corrected chi connectivity index (χ4v) is 17.1. The minimum Gasteiger partial charge on any atom is -0.462 e. The maximum Gasteiger partial charge on any atom is 0.306 e. The molecule has 0 spiro atoms. The molecule has 0 bridgehead atoms. The van der Waals surface area contributed by atoms with Crippen LogP contribution >= 0.6 is 0 Å². The molecule has 0 amide bonds. The summed E-state index contributed by atoms with van der Waals surface area (Å²) >= 11 is 0. The smallest absolute Gasteiger partial charge is 0.306 e. The topological polar surface area (TPSA) is 132 Å². The van der Waals surface area contributed by atoms with Crippen LogP contribution < -0.4 is 0 Å². The number of esters is 5. The predicted molar refractivity (Wildman–Crippen MR) is 527 cm³/mol. The molecule has 0 aliphatic carbocycles. The first-order valence-electron chi connectivity index (χ1n) is 55.3. The second-order valence-corrected chi connectivity index (χ2v) is 37.8. The van der Waals surface area contributed by atoms with E-state index in [4.69, 9.17) is 23.7 Å². The SMILES string of the molecule is CCCCCCCCCC(=O)OC(CCCCCCCC)CCCCCCCC.CCCCCCCCCC(CCCCCCC)OC(=O)CCC(=O)OC(CCCCCCCC)CCCCCCCC.CCCCCCCCCC(CCCCCCC)OC(=O)CCCCCCCCCCC(=O)OC(CCCCCCCC)CCCCCCCC. The van der Waals surface area contributed by atoms with E-state index in [0.29, 0.717) is 19.3 Å². The van der Waals surface area contributed by atoms with Gasteiger partial charge < -0.3 is 23.7 Å². The van der Waals surface area contributed by atoms with Crippen LogP contribution in [0.1, 0.15) is 654 Å². The van der Waals surface area contributed by atoms with Crippen molar-refractivity contribution in [3.05, 3.63) is 0 Å². The predicted octanol–water partition coefficient (Wildman–Crippen LogP) is 37.8. The molecule has 0 rings (SSSR count). The molecule has 0 aromatic heterocycles. The Kier molecular flexibility index (Phi) is 107. The fraction of sp³-hybridized carbons (Fsp3) is 0.955. The van der Waals surface area contributed by atoms with Gasteiger partial charge in [-0.1, -0.05) is 474 Å². The zero-order valence-electron chi connectivity index (χ0n) is 84.1. The minimum absolute atomic E-state index is 0.000865. The zero-order chi connectivity index (χ0) is 88.9. The van der Waals surface area contributed by atoms with Crippen LogP contribution in [-0.4, -0.2) is 60.4 Å². The summed E-state index contributed by atoms with van der Waals surface area (Å²) in [5, 5.41) is 0. The first-order valence-corrected chi connectivity index (χ1v) is 55.3. The minimum atomic E-state index is -0.225. The van der Waals surface area contributed by atoms with Gasteiger partial charge in [0.15, 0.2) is 0 Å². The third-order valence-corrected chi connectivity index (χ3v) is 25.3. The maximum atomic E-state index is 12.8. The lowest BCUT2D eigenvalue weighted by atomic mass is 10.0. The standard InChI is InChI=1S/C46H90O4.C38H74O4.C27H54O2/c1-5-9-13-17-22-28-34-40-43(37-31-25-16-12-8-4)49-45(47)41-35-29-23-20-21-24-30-36-42-46(48)50-44(38-32-26-18-14-10-6-2)39-33-27-19-15-11-7-3;1-5-9-13-17-20-24-28-32-35(29-25-21-16-12-8-4)41-37(39)33-34-38(40)42-36(30-26-22-18-14-10-6-2)31-27-23-19-15-11-7-3;1-4-7-10-13-16-19-22-25-27(28)29-26(23-20-17-14-11-8-5-2)24-21-18-15-12-9-6-3/h43-44H,5-42H2,1-4H3;35-36H,5-34H2,1-4H3;26H,4-25H2,1-3H3. The molecule has 0 aliphatic rings. The summed E-state index contributed by atoms with van der Waals surface area (Å²) in [7, 11) is 0. The summed E-state index contributed by atoms with van der Waals surface area (Å²) in [6.07, 6.45) is 107. The van der Waals surface area contributed by atoms with Gasteiger partial charge in [0.25, 0.3) is 0 Å². The van der Waals surface area contributed by atoms with Crippen molar-refractivity contribution in [2.24, 2.45) is 0 Å². The van der Waals surface area contributed by atoms with Crippen molar-refractivity contribution >= 4 is 29.8 Å². The summed E-state index contributed by atoms with van der Waals surface area (Å²) < 4.78 is 29.8. The molecule has 0 saturated carbocycles. The van der Waals surface area contributed by atoms with Gasteiger partial charge in [-0.3, -0.25) is 24.0 Å². The van der Waals surface area contributed by atoms with Crippen molar-refractivity contribution in [3.63, 3.8) is 0 Å².